The molecule has 0 aromatic heterocycles. The normalized spacial score (nSPS) is 14.5. The number of carbonyl (C=O) groups is 2. The van der Waals surface area contributed by atoms with Gasteiger partial charge in [-0.2, -0.15) is 0 Å². The van der Waals surface area contributed by atoms with Gasteiger partial charge in [-0.1, -0.05) is 31.9 Å². The van der Waals surface area contributed by atoms with Gasteiger partial charge in [0.05, 0.1) is 0 Å². The number of hydrogen-bond acceptors (Lipinski definition) is 4. The van der Waals surface area contributed by atoms with Crippen molar-refractivity contribution in [2.24, 2.45) is 0 Å². The zero-order valence-electron chi connectivity index (χ0n) is 9.11. The maximum Gasteiger partial charge on any atom is 0.319 e. The molecule has 4 nitrogen and oxygen atoms in total. The molecule has 0 aliphatic carbocycles. The van der Waals surface area contributed by atoms with Gasteiger partial charge in [0.25, 0.3) is 0 Å². The van der Waals surface area contributed by atoms with Crippen LogP contribution in [0, 0.1) is 0 Å². The van der Waals surface area contributed by atoms with Crippen LogP contribution in [0.15, 0.2) is 12.2 Å². The third-order valence-corrected chi connectivity index (χ3v) is 2.21. The molecule has 0 saturated heterocycles. The van der Waals surface area contributed by atoms with Crippen LogP contribution >= 0.6 is 31.9 Å². The van der Waals surface area contributed by atoms with Crippen molar-refractivity contribution in [1.82, 2.24) is 0 Å². The quantitative estimate of drug-likeness (QED) is 0.415. The number of carbonyl (C=O) groups excluding carboxylic acids is 2. The Hall–Kier alpha value is -0.360. The fourth-order valence-electron chi connectivity index (χ4n) is 0.626. The third kappa shape index (κ3) is 7.87. The minimum atomic E-state index is -0.323. The average Bonchev–Trinajstić information content (AvgIpc) is 2.21. The van der Waals surface area contributed by atoms with E-state index in [0.717, 1.165) is 0 Å². The standard InChI is InChI=1S/C10H14Br2O4/c1-7(11)9(13)15-5-3-4-6-16-10(14)8(2)12/h3-4,7-8H,5-6H2,1-2H3/b4-3-. The second-order valence-electron chi connectivity index (χ2n) is 2.96. The molecule has 6 heteroatoms. The minimum Gasteiger partial charge on any atom is -0.461 e. The monoisotopic (exact) mass is 356 g/mol. The summed E-state index contributed by atoms with van der Waals surface area (Å²) >= 11 is 6.17. The first kappa shape index (κ1) is 15.6. The molecule has 0 bridgehead atoms. The molecule has 16 heavy (non-hydrogen) atoms. The fraction of sp³-hybridized carbons (Fsp3) is 0.600. The Labute approximate surface area is 112 Å². The predicted molar refractivity (Wildman–Crippen MR) is 67.8 cm³/mol. The molecular formula is C10H14Br2O4. The van der Waals surface area contributed by atoms with Gasteiger partial charge in [0, 0.05) is 0 Å². The van der Waals surface area contributed by atoms with Crippen molar-refractivity contribution in [1.29, 1.82) is 0 Å². The number of halogens is 2. The average molecular weight is 358 g/mol. The van der Waals surface area contributed by atoms with E-state index < -0.39 is 0 Å². The molecule has 0 fully saturated rings. The van der Waals surface area contributed by atoms with Crippen LogP contribution in [0.25, 0.3) is 0 Å². The summed E-state index contributed by atoms with van der Waals surface area (Å²) < 4.78 is 9.67. The van der Waals surface area contributed by atoms with Gasteiger partial charge < -0.3 is 9.47 Å². The maximum absolute atomic E-state index is 11.0. The minimum absolute atomic E-state index is 0.177. The van der Waals surface area contributed by atoms with Crippen LogP contribution in [0.3, 0.4) is 0 Å². The lowest BCUT2D eigenvalue weighted by Crippen LogP contribution is -2.14. The second-order valence-corrected chi connectivity index (χ2v) is 5.71. The summed E-state index contributed by atoms with van der Waals surface area (Å²) in [5.41, 5.74) is 0. The van der Waals surface area contributed by atoms with Gasteiger partial charge in [0.1, 0.15) is 22.9 Å². The first-order valence-corrected chi connectivity index (χ1v) is 6.54. The summed E-state index contributed by atoms with van der Waals surface area (Å²) in [5, 5.41) is 0. The van der Waals surface area contributed by atoms with Crippen molar-refractivity contribution < 1.29 is 19.1 Å². The van der Waals surface area contributed by atoms with Gasteiger partial charge in [-0.25, -0.2) is 0 Å². The van der Waals surface area contributed by atoms with E-state index in [1.807, 2.05) is 0 Å². The van der Waals surface area contributed by atoms with E-state index in [2.05, 4.69) is 31.9 Å². The summed E-state index contributed by atoms with van der Waals surface area (Å²) in [5.74, 6) is -0.647. The number of hydrogen-bond donors (Lipinski definition) is 0. The SMILES string of the molecule is CC(Br)C(=O)OC/C=C\COC(=O)C(C)Br. The molecule has 0 aromatic rings. The summed E-state index contributed by atoms with van der Waals surface area (Å²) in [4.78, 5) is 21.3. The lowest BCUT2D eigenvalue weighted by molar-refractivity contribution is -0.142. The summed E-state index contributed by atoms with van der Waals surface area (Å²) in [6.45, 7) is 3.73. The van der Waals surface area contributed by atoms with Crippen molar-refractivity contribution in [3.8, 4) is 0 Å². The second kappa shape index (κ2) is 8.75. The number of rotatable bonds is 6. The summed E-state index contributed by atoms with van der Waals surface area (Å²) in [7, 11) is 0. The van der Waals surface area contributed by atoms with E-state index in [-0.39, 0.29) is 34.8 Å². The summed E-state index contributed by atoms with van der Waals surface area (Å²) in [6.07, 6.45) is 3.25. The highest BCUT2D eigenvalue weighted by molar-refractivity contribution is 9.10. The van der Waals surface area contributed by atoms with E-state index in [0.29, 0.717) is 0 Å². The molecule has 0 radical (unpaired) electrons. The van der Waals surface area contributed by atoms with Crippen molar-refractivity contribution in [2.75, 3.05) is 13.2 Å². The molecule has 0 aromatic carbocycles. The van der Waals surface area contributed by atoms with Crippen LogP contribution < -0.4 is 0 Å². The van der Waals surface area contributed by atoms with Gasteiger partial charge in [-0.05, 0) is 26.0 Å². The van der Waals surface area contributed by atoms with E-state index in [4.69, 9.17) is 9.47 Å². The largest absolute Gasteiger partial charge is 0.461 e. The molecule has 0 aliphatic rings. The van der Waals surface area contributed by atoms with Crippen LogP contribution in [0.2, 0.25) is 0 Å². The topological polar surface area (TPSA) is 52.6 Å². The molecule has 0 amide bonds. The van der Waals surface area contributed by atoms with Gasteiger partial charge in [-0.3, -0.25) is 9.59 Å². The first-order chi connectivity index (χ1) is 7.45. The van der Waals surface area contributed by atoms with Gasteiger partial charge >= 0.3 is 11.9 Å². The molecule has 0 spiro atoms. The predicted octanol–water partition coefficient (Wildman–Crippen LogP) is 2.20. The molecule has 0 rings (SSSR count). The van der Waals surface area contributed by atoms with Crippen molar-refractivity contribution in [3.05, 3.63) is 12.2 Å². The van der Waals surface area contributed by atoms with Crippen molar-refractivity contribution in [3.63, 3.8) is 0 Å². The van der Waals surface area contributed by atoms with Crippen molar-refractivity contribution >= 4 is 43.8 Å². The van der Waals surface area contributed by atoms with Crippen LogP contribution in [-0.2, 0) is 19.1 Å². The van der Waals surface area contributed by atoms with Gasteiger partial charge in [0.15, 0.2) is 0 Å². The highest BCUT2D eigenvalue weighted by Gasteiger charge is 2.09. The molecule has 2 unspecified atom stereocenters. The highest BCUT2D eigenvalue weighted by atomic mass is 79.9. The Balaban J connectivity index is 3.56. The van der Waals surface area contributed by atoms with Crippen molar-refractivity contribution in [2.45, 2.75) is 23.5 Å². The Kier molecular flexibility index (Phi) is 8.56. The molecule has 0 saturated carbocycles. The number of esters is 2. The molecule has 0 aliphatic heterocycles. The lowest BCUT2D eigenvalue weighted by atomic mass is 10.5. The van der Waals surface area contributed by atoms with Crippen LogP contribution in [0.1, 0.15) is 13.8 Å². The Morgan fingerprint density at radius 2 is 1.31 bits per heavy atom. The molecular weight excluding hydrogens is 344 g/mol. The number of ether oxygens (including phenoxy) is 2. The summed E-state index contributed by atoms with van der Waals surface area (Å²) in [6, 6.07) is 0. The van der Waals surface area contributed by atoms with E-state index in [9.17, 15) is 9.59 Å². The zero-order chi connectivity index (χ0) is 12.6. The van der Waals surface area contributed by atoms with E-state index >= 15 is 0 Å². The smallest absolute Gasteiger partial charge is 0.319 e. The Bertz CT molecular complexity index is 236. The molecule has 92 valence electrons. The lowest BCUT2D eigenvalue weighted by Gasteiger charge is -2.03. The molecule has 0 N–H and O–H groups in total. The van der Waals surface area contributed by atoms with Crippen LogP contribution in [0.5, 0.6) is 0 Å². The van der Waals surface area contributed by atoms with Gasteiger partial charge in [0.2, 0.25) is 0 Å². The third-order valence-electron chi connectivity index (χ3n) is 1.46. The Morgan fingerprint density at radius 1 is 1.00 bits per heavy atom. The molecule has 0 heterocycles. The van der Waals surface area contributed by atoms with E-state index in [1.165, 1.54) is 0 Å². The van der Waals surface area contributed by atoms with Crippen LogP contribution in [-0.4, -0.2) is 34.8 Å². The van der Waals surface area contributed by atoms with Gasteiger partial charge in [-0.15, -0.1) is 0 Å². The first-order valence-electron chi connectivity index (χ1n) is 4.71. The number of alkyl halides is 2. The fourth-order valence-corrected chi connectivity index (χ4v) is 0.891. The highest BCUT2D eigenvalue weighted by Crippen LogP contribution is 2.00. The Morgan fingerprint density at radius 3 is 1.56 bits per heavy atom. The van der Waals surface area contributed by atoms with Crippen LogP contribution in [0.4, 0.5) is 0 Å². The maximum atomic E-state index is 11.0. The zero-order valence-corrected chi connectivity index (χ0v) is 12.3. The van der Waals surface area contributed by atoms with E-state index in [1.54, 1.807) is 26.0 Å². The molecule has 2 atom stereocenters.